The molecule has 0 amide bonds. The van der Waals surface area contributed by atoms with E-state index in [-0.39, 0.29) is 11.1 Å². The predicted octanol–water partition coefficient (Wildman–Crippen LogP) is 1.12. The quantitative estimate of drug-likeness (QED) is 0.609. The fourth-order valence-corrected chi connectivity index (χ4v) is 2.32. The Kier molecular flexibility index (Phi) is 2.37. The second kappa shape index (κ2) is 3.19. The molecule has 14 heavy (non-hydrogen) atoms. The van der Waals surface area contributed by atoms with Gasteiger partial charge in [0.25, 0.3) is 0 Å². The maximum Gasteiger partial charge on any atom is 0.115 e. The first-order valence-electron chi connectivity index (χ1n) is 5.68. The molecule has 0 saturated carbocycles. The summed E-state index contributed by atoms with van der Waals surface area (Å²) in [6.07, 6.45) is 2.86. The average Bonchev–Trinajstić information content (AvgIpc) is 1.99. The van der Waals surface area contributed by atoms with Gasteiger partial charge in [-0.3, -0.25) is 15.5 Å². The standard InChI is InChI=1S/C11H23N3/c1-10(2)5-7-14-8-6-11(3,4)13-9(14)12-10/h9,12-13H,5-8H2,1-4H3. The van der Waals surface area contributed by atoms with Gasteiger partial charge in [-0.15, -0.1) is 0 Å². The summed E-state index contributed by atoms with van der Waals surface area (Å²) in [7, 11) is 0. The van der Waals surface area contributed by atoms with Crippen LogP contribution in [0, 0.1) is 0 Å². The van der Waals surface area contributed by atoms with Crippen molar-refractivity contribution in [3.63, 3.8) is 0 Å². The Bertz CT molecular complexity index is 201. The first kappa shape index (κ1) is 10.4. The van der Waals surface area contributed by atoms with Gasteiger partial charge in [-0.2, -0.15) is 0 Å². The smallest absolute Gasteiger partial charge is 0.115 e. The minimum atomic E-state index is 0.279. The van der Waals surface area contributed by atoms with Crippen LogP contribution in [-0.4, -0.2) is 35.4 Å². The van der Waals surface area contributed by atoms with Gasteiger partial charge in [0.05, 0.1) is 0 Å². The number of fused-ring (bicyclic) bond motifs is 1. The van der Waals surface area contributed by atoms with E-state index in [9.17, 15) is 0 Å². The molecule has 0 aromatic heterocycles. The number of hydrogen-bond donors (Lipinski definition) is 2. The molecule has 0 aromatic rings. The lowest BCUT2D eigenvalue weighted by Crippen LogP contribution is -2.72. The SMILES string of the molecule is CC1(C)CCN2CCC(C)(C)NC2N1. The highest BCUT2D eigenvalue weighted by Crippen LogP contribution is 2.24. The molecular weight excluding hydrogens is 174 g/mol. The van der Waals surface area contributed by atoms with Gasteiger partial charge in [-0.25, -0.2) is 0 Å². The second-order valence-electron chi connectivity index (χ2n) is 5.99. The van der Waals surface area contributed by atoms with Crippen molar-refractivity contribution in [2.45, 2.75) is 57.9 Å². The van der Waals surface area contributed by atoms with Gasteiger partial charge in [0.1, 0.15) is 6.29 Å². The van der Waals surface area contributed by atoms with E-state index in [0.29, 0.717) is 6.29 Å². The Morgan fingerprint density at radius 1 is 0.929 bits per heavy atom. The van der Waals surface area contributed by atoms with Crippen molar-refractivity contribution in [1.82, 2.24) is 15.5 Å². The Morgan fingerprint density at radius 3 is 1.79 bits per heavy atom. The maximum absolute atomic E-state index is 3.67. The average molecular weight is 197 g/mol. The van der Waals surface area contributed by atoms with Crippen LogP contribution in [0.4, 0.5) is 0 Å². The molecule has 3 nitrogen and oxygen atoms in total. The van der Waals surface area contributed by atoms with E-state index < -0.39 is 0 Å². The summed E-state index contributed by atoms with van der Waals surface area (Å²) in [6.45, 7) is 11.6. The van der Waals surface area contributed by atoms with Crippen molar-refractivity contribution in [3.8, 4) is 0 Å². The third-order valence-electron chi connectivity index (χ3n) is 3.47. The molecule has 0 aromatic carbocycles. The first-order valence-corrected chi connectivity index (χ1v) is 5.68. The van der Waals surface area contributed by atoms with Gasteiger partial charge >= 0.3 is 0 Å². The third kappa shape index (κ3) is 2.10. The van der Waals surface area contributed by atoms with Crippen molar-refractivity contribution in [2.75, 3.05) is 13.1 Å². The van der Waals surface area contributed by atoms with Crippen LogP contribution < -0.4 is 10.6 Å². The molecule has 2 heterocycles. The largest absolute Gasteiger partial charge is 0.284 e. The Labute approximate surface area is 87.2 Å². The molecule has 2 rings (SSSR count). The molecule has 3 heteroatoms. The van der Waals surface area contributed by atoms with Crippen LogP contribution in [0.3, 0.4) is 0 Å². The van der Waals surface area contributed by atoms with Crippen molar-refractivity contribution in [1.29, 1.82) is 0 Å². The van der Waals surface area contributed by atoms with E-state index in [4.69, 9.17) is 0 Å². The van der Waals surface area contributed by atoms with E-state index in [1.807, 2.05) is 0 Å². The minimum Gasteiger partial charge on any atom is -0.284 e. The van der Waals surface area contributed by atoms with Crippen molar-refractivity contribution in [2.24, 2.45) is 0 Å². The zero-order valence-electron chi connectivity index (χ0n) is 9.85. The van der Waals surface area contributed by atoms with Crippen LogP contribution in [0.5, 0.6) is 0 Å². The van der Waals surface area contributed by atoms with Crippen LogP contribution in [0.2, 0.25) is 0 Å². The molecule has 0 unspecified atom stereocenters. The van der Waals surface area contributed by atoms with Crippen LogP contribution in [-0.2, 0) is 0 Å². The van der Waals surface area contributed by atoms with E-state index in [0.717, 1.165) is 0 Å². The molecule has 82 valence electrons. The normalized spacial score (nSPS) is 32.6. The van der Waals surface area contributed by atoms with Gasteiger partial charge < -0.3 is 0 Å². The van der Waals surface area contributed by atoms with Crippen LogP contribution in [0.1, 0.15) is 40.5 Å². The maximum atomic E-state index is 3.67. The summed E-state index contributed by atoms with van der Waals surface area (Å²) in [5.74, 6) is 0. The fourth-order valence-electron chi connectivity index (χ4n) is 2.32. The van der Waals surface area contributed by atoms with Crippen LogP contribution in [0.25, 0.3) is 0 Å². The van der Waals surface area contributed by atoms with Crippen molar-refractivity contribution < 1.29 is 0 Å². The molecular formula is C11H23N3. The van der Waals surface area contributed by atoms with E-state index in [1.165, 1.54) is 25.9 Å². The zero-order chi connectivity index (χ0) is 10.4. The number of nitrogens with zero attached hydrogens (tertiary/aromatic N) is 1. The van der Waals surface area contributed by atoms with Gasteiger partial charge in [0.2, 0.25) is 0 Å². The highest BCUT2D eigenvalue weighted by atomic mass is 15.4. The Balaban J connectivity index is 2.04. The van der Waals surface area contributed by atoms with Gasteiger partial charge in [0, 0.05) is 24.2 Å². The molecule has 0 aliphatic carbocycles. The lowest BCUT2D eigenvalue weighted by Gasteiger charge is -2.51. The lowest BCUT2D eigenvalue weighted by atomic mass is 9.93. The third-order valence-corrected chi connectivity index (χ3v) is 3.47. The number of hydrogen-bond acceptors (Lipinski definition) is 3. The summed E-state index contributed by atoms with van der Waals surface area (Å²) >= 11 is 0. The minimum absolute atomic E-state index is 0.279. The van der Waals surface area contributed by atoms with Gasteiger partial charge in [-0.1, -0.05) is 0 Å². The van der Waals surface area contributed by atoms with Gasteiger partial charge in [-0.05, 0) is 40.5 Å². The monoisotopic (exact) mass is 197 g/mol. The second-order valence-corrected chi connectivity index (χ2v) is 5.99. The number of nitrogens with one attached hydrogen (secondary N) is 2. The summed E-state index contributed by atoms with van der Waals surface area (Å²) in [5.41, 5.74) is 0.559. The number of rotatable bonds is 0. The van der Waals surface area contributed by atoms with Crippen molar-refractivity contribution in [3.05, 3.63) is 0 Å². The summed E-state index contributed by atoms with van der Waals surface area (Å²) in [4.78, 5) is 2.51. The van der Waals surface area contributed by atoms with E-state index in [2.05, 4.69) is 43.2 Å². The van der Waals surface area contributed by atoms with Crippen LogP contribution in [0.15, 0.2) is 0 Å². The molecule has 2 aliphatic rings. The summed E-state index contributed by atoms with van der Waals surface area (Å²) in [5, 5.41) is 7.33. The molecule has 0 spiro atoms. The Hall–Kier alpha value is -0.120. The molecule has 2 aliphatic heterocycles. The van der Waals surface area contributed by atoms with E-state index >= 15 is 0 Å². The van der Waals surface area contributed by atoms with Gasteiger partial charge in [0.15, 0.2) is 0 Å². The molecule has 2 saturated heterocycles. The molecule has 0 bridgehead atoms. The lowest BCUT2D eigenvalue weighted by molar-refractivity contribution is -0.00551. The predicted molar refractivity (Wildman–Crippen MR) is 59.0 cm³/mol. The topological polar surface area (TPSA) is 27.3 Å². The fraction of sp³-hybridized carbons (Fsp3) is 1.00. The summed E-state index contributed by atoms with van der Waals surface area (Å²) in [6, 6.07) is 0. The highest BCUT2D eigenvalue weighted by Gasteiger charge is 2.38. The van der Waals surface area contributed by atoms with E-state index in [1.54, 1.807) is 0 Å². The molecule has 0 radical (unpaired) electrons. The highest BCUT2D eigenvalue weighted by molar-refractivity contribution is 4.95. The zero-order valence-corrected chi connectivity index (χ0v) is 9.85. The first-order chi connectivity index (χ1) is 6.38. The molecule has 0 atom stereocenters. The van der Waals surface area contributed by atoms with Crippen LogP contribution >= 0.6 is 0 Å². The van der Waals surface area contributed by atoms with Crippen molar-refractivity contribution >= 4 is 0 Å². The summed E-state index contributed by atoms with van der Waals surface area (Å²) < 4.78 is 0. The molecule has 2 fully saturated rings. The molecule has 2 N–H and O–H groups in total. The Morgan fingerprint density at radius 2 is 1.36 bits per heavy atom.